The molecule has 3 nitrogen and oxygen atoms in total. The van der Waals surface area contributed by atoms with Gasteiger partial charge in [0.2, 0.25) is 0 Å². The Balaban J connectivity index is 1.65. The summed E-state index contributed by atoms with van der Waals surface area (Å²) in [6.45, 7) is 0.776. The molecule has 2 saturated carbocycles. The largest absolute Gasteiger partial charge is 0.375 e. The predicted octanol–water partition coefficient (Wildman–Crippen LogP) is 2.81. The van der Waals surface area contributed by atoms with Crippen LogP contribution in [-0.2, 0) is 9.53 Å². The van der Waals surface area contributed by atoms with Crippen LogP contribution in [0.15, 0.2) is 0 Å². The molecule has 19 heavy (non-hydrogen) atoms. The molecule has 3 fully saturated rings. The van der Waals surface area contributed by atoms with E-state index in [-0.39, 0.29) is 23.5 Å². The molecule has 2 N–H and O–H groups in total. The highest BCUT2D eigenvalue weighted by Crippen LogP contribution is 2.45. The molecule has 0 aromatic heterocycles. The van der Waals surface area contributed by atoms with Crippen molar-refractivity contribution < 1.29 is 9.53 Å². The van der Waals surface area contributed by atoms with Crippen LogP contribution < -0.4 is 5.73 Å². The Morgan fingerprint density at radius 3 is 2.58 bits per heavy atom. The highest BCUT2D eigenvalue weighted by Gasteiger charge is 2.45. The highest BCUT2D eigenvalue weighted by molar-refractivity contribution is 5.84. The van der Waals surface area contributed by atoms with Gasteiger partial charge < -0.3 is 10.5 Å². The Labute approximate surface area is 116 Å². The molecular weight excluding hydrogens is 238 g/mol. The first-order valence-corrected chi connectivity index (χ1v) is 8.13. The third-order valence-corrected chi connectivity index (χ3v) is 5.59. The maximum Gasteiger partial charge on any atom is 0.140 e. The van der Waals surface area contributed by atoms with E-state index in [1.807, 2.05) is 0 Å². The summed E-state index contributed by atoms with van der Waals surface area (Å²) in [5.41, 5.74) is 6.33. The summed E-state index contributed by atoms with van der Waals surface area (Å²) >= 11 is 0. The van der Waals surface area contributed by atoms with Gasteiger partial charge in [0.05, 0.1) is 5.60 Å². The van der Waals surface area contributed by atoms with Gasteiger partial charge in [-0.15, -0.1) is 0 Å². The van der Waals surface area contributed by atoms with Crippen LogP contribution in [-0.4, -0.2) is 24.0 Å². The average Bonchev–Trinajstić information content (AvgIpc) is 2.61. The van der Waals surface area contributed by atoms with E-state index in [9.17, 15) is 4.79 Å². The van der Waals surface area contributed by atoms with E-state index in [0.717, 1.165) is 45.1 Å². The second-order valence-corrected chi connectivity index (χ2v) is 6.89. The van der Waals surface area contributed by atoms with E-state index >= 15 is 0 Å². The third kappa shape index (κ3) is 2.73. The molecule has 0 aromatic carbocycles. The molecule has 1 saturated heterocycles. The van der Waals surface area contributed by atoms with Gasteiger partial charge in [0.15, 0.2) is 0 Å². The standard InChI is InChI=1S/C16H27NO2/c17-14-6-3-1-2-5-13(14)15(18)12-7-10-19-16(11-12)8-4-9-16/h12-14H,1-11,17H2. The lowest BCUT2D eigenvalue weighted by atomic mass is 9.69. The van der Waals surface area contributed by atoms with E-state index in [1.165, 1.54) is 25.7 Å². The van der Waals surface area contributed by atoms with Crippen LogP contribution in [0.4, 0.5) is 0 Å². The van der Waals surface area contributed by atoms with Crippen molar-refractivity contribution in [2.75, 3.05) is 6.61 Å². The SMILES string of the molecule is NC1CCCCCC1C(=O)C1CCOC2(CCC2)C1. The van der Waals surface area contributed by atoms with E-state index in [2.05, 4.69) is 0 Å². The van der Waals surface area contributed by atoms with Crippen molar-refractivity contribution in [3.63, 3.8) is 0 Å². The van der Waals surface area contributed by atoms with Gasteiger partial charge in [-0.3, -0.25) is 4.79 Å². The molecule has 3 heteroatoms. The number of ether oxygens (including phenoxy) is 1. The van der Waals surface area contributed by atoms with Gasteiger partial charge in [0.25, 0.3) is 0 Å². The first-order chi connectivity index (χ1) is 9.20. The van der Waals surface area contributed by atoms with Gasteiger partial charge >= 0.3 is 0 Å². The maximum atomic E-state index is 12.8. The molecule has 108 valence electrons. The van der Waals surface area contributed by atoms with Crippen molar-refractivity contribution in [2.45, 2.75) is 75.9 Å². The summed E-state index contributed by atoms with van der Waals surface area (Å²) in [5, 5.41) is 0. The minimum Gasteiger partial charge on any atom is -0.375 e. The van der Waals surface area contributed by atoms with Gasteiger partial charge in [-0.2, -0.15) is 0 Å². The first-order valence-electron chi connectivity index (χ1n) is 8.13. The van der Waals surface area contributed by atoms with Crippen molar-refractivity contribution in [3.8, 4) is 0 Å². The Morgan fingerprint density at radius 1 is 1.05 bits per heavy atom. The minimum absolute atomic E-state index is 0.0768. The van der Waals surface area contributed by atoms with Gasteiger partial charge in [-0.05, 0) is 44.9 Å². The fourth-order valence-electron chi connectivity index (χ4n) is 4.18. The quantitative estimate of drug-likeness (QED) is 0.781. The Bertz CT molecular complexity index is 338. The van der Waals surface area contributed by atoms with Crippen molar-refractivity contribution in [1.82, 2.24) is 0 Å². The fraction of sp³-hybridized carbons (Fsp3) is 0.938. The lowest BCUT2D eigenvalue weighted by Crippen LogP contribution is -2.49. The van der Waals surface area contributed by atoms with Crippen LogP contribution in [0, 0.1) is 11.8 Å². The molecule has 3 rings (SSSR count). The summed E-state index contributed by atoms with van der Waals surface area (Å²) < 4.78 is 5.94. The predicted molar refractivity (Wildman–Crippen MR) is 74.8 cm³/mol. The molecule has 1 heterocycles. The van der Waals surface area contributed by atoms with Crippen molar-refractivity contribution >= 4 is 5.78 Å². The first kappa shape index (κ1) is 13.6. The zero-order chi connectivity index (χ0) is 13.3. The normalized spacial score (nSPS) is 38.5. The molecule has 0 aromatic rings. The molecule has 1 aliphatic heterocycles. The van der Waals surface area contributed by atoms with Gasteiger partial charge in [0.1, 0.15) is 5.78 Å². The number of ketones is 1. The molecule has 3 unspecified atom stereocenters. The Morgan fingerprint density at radius 2 is 1.84 bits per heavy atom. The van der Waals surface area contributed by atoms with Crippen LogP contribution >= 0.6 is 0 Å². The maximum absolute atomic E-state index is 12.8. The topological polar surface area (TPSA) is 52.3 Å². The van der Waals surface area contributed by atoms with E-state index in [0.29, 0.717) is 5.78 Å². The van der Waals surface area contributed by atoms with Crippen LogP contribution in [0.2, 0.25) is 0 Å². The second kappa shape index (κ2) is 5.53. The van der Waals surface area contributed by atoms with Gasteiger partial charge in [0, 0.05) is 24.5 Å². The molecular formula is C16H27NO2. The zero-order valence-electron chi connectivity index (χ0n) is 11.9. The third-order valence-electron chi connectivity index (χ3n) is 5.59. The van der Waals surface area contributed by atoms with Crippen molar-refractivity contribution in [2.24, 2.45) is 17.6 Å². The molecule has 1 spiro atoms. The summed E-state index contributed by atoms with van der Waals surface area (Å²) in [6, 6.07) is 0.107. The monoisotopic (exact) mass is 265 g/mol. The molecule has 0 amide bonds. The highest BCUT2D eigenvalue weighted by atomic mass is 16.5. The number of Topliss-reactive ketones (excluding diaryl/α,β-unsaturated/α-hetero) is 1. The second-order valence-electron chi connectivity index (χ2n) is 6.89. The number of hydrogen-bond donors (Lipinski definition) is 1. The molecule has 0 radical (unpaired) electrons. The molecule has 2 aliphatic carbocycles. The smallest absolute Gasteiger partial charge is 0.140 e. The Hall–Kier alpha value is -0.410. The van der Waals surface area contributed by atoms with Crippen LogP contribution in [0.1, 0.15) is 64.2 Å². The number of carbonyl (C=O) groups excluding carboxylic acids is 1. The number of carbonyl (C=O) groups is 1. The zero-order valence-corrected chi connectivity index (χ0v) is 11.9. The summed E-state index contributed by atoms with van der Waals surface area (Å²) in [4.78, 5) is 12.8. The number of hydrogen-bond acceptors (Lipinski definition) is 3. The van der Waals surface area contributed by atoms with Crippen molar-refractivity contribution in [1.29, 1.82) is 0 Å². The fourth-order valence-corrected chi connectivity index (χ4v) is 4.18. The minimum atomic E-state index is 0.0768. The van der Waals surface area contributed by atoms with E-state index < -0.39 is 0 Å². The van der Waals surface area contributed by atoms with Crippen LogP contribution in [0.3, 0.4) is 0 Å². The van der Waals surface area contributed by atoms with E-state index in [1.54, 1.807) is 0 Å². The van der Waals surface area contributed by atoms with Gasteiger partial charge in [-0.1, -0.05) is 19.3 Å². The lowest BCUT2D eigenvalue weighted by Gasteiger charge is -2.47. The molecule has 3 aliphatic rings. The van der Waals surface area contributed by atoms with E-state index in [4.69, 9.17) is 10.5 Å². The number of rotatable bonds is 2. The molecule has 0 bridgehead atoms. The van der Waals surface area contributed by atoms with Crippen LogP contribution in [0.5, 0.6) is 0 Å². The molecule has 3 atom stereocenters. The number of nitrogens with two attached hydrogens (primary N) is 1. The lowest BCUT2D eigenvalue weighted by molar-refractivity contribution is -0.158. The van der Waals surface area contributed by atoms with Gasteiger partial charge in [-0.25, -0.2) is 0 Å². The Kier molecular flexibility index (Phi) is 3.95. The van der Waals surface area contributed by atoms with Crippen LogP contribution in [0.25, 0.3) is 0 Å². The summed E-state index contributed by atoms with van der Waals surface area (Å²) in [7, 11) is 0. The summed E-state index contributed by atoms with van der Waals surface area (Å²) in [5.74, 6) is 0.815. The average molecular weight is 265 g/mol. The summed E-state index contributed by atoms with van der Waals surface area (Å²) in [6.07, 6.45) is 11.1. The van der Waals surface area contributed by atoms with Crippen molar-refractivity contribution in [3.05, 3.63) is 0 Å².